The number of amides is 1. The maximum Gasteiger partial charge on any atom is 0.253 e. The molecule has 0 saturated carbocycles. The van der Waals surface area contributed by atoms with Crippen molar-refractivity contribution in [2.75, 3.05) is 56.2 Å². The maximum atomic E-state index is 13.1. The lowest BCUT2D eigenvalue weighted by Crippen LogP contribution is -2.46. The number of rotatable bonds is 4. The molecule has 2 aliphatic rings. The Hall–Kier alpha value is -3.28. The minimum atomic E-state index is 0.144. The van der Waals surface area contributed by atoms with Gasteiger partial charge in [0.1, 0.15) is 11.6 Å². The van der Waals surface area contributed by atoms with Crippen LogP contribution < -0.4 is 14.5 Å². The van der Waals surface area contributed by atoms with Crippen molar-refractivity contribution in [3.8, 4) is 5.75 Å². The fourth-order valence-corrected chi connectivity index (χ4v) is 4.79. The molecule has 6 heteroatoms. The van der Waals surface area contributed by atoms with E-state index in [9.17, 15) is 4.79 Å². The zero-order chi connectivity index (χ0) is 21.9. The van der Waals surface area contributed by atoms with Gasteiger partial charge in [-0.1, -0.05) is 6.07 Å². The molecular weight excluding hydrogens is 400 g/mol. The van der Waals surface area contributed by atoms with E-state index in [1.165, 1.54) is 12.1 Å². The monoisotopic (exact) mass is 430 g/mol. The molecule has 0 radical (unpaired) electrons. The number of hydrogen-bond acceptors (Lipinski definition) is 5. The van der Waals surface area contributed by atoms with Crippen LogP contribution in [0.15, 0.2) is 54.7 Å². The number of hydrogen-bond donors (Lipinski definition) is 0. The highest BCUT2D eigenvalue weighted by molar-refractivity contribution is 6.01. The minimum absolute atomic E-state index is 0.144. The predicted octanol–water partition coefficient (Wildman–Crippen LogP) is 4.20. The fourth-order valence-electron chi connectivity index (χ4n) is 4.79. The zero-order valence-corrected chi connectivity index (χ0v) is 18.7. The average molecular weight is 431 g/mol. The second kappa shape index (κ2) is 9.07. The summed E-state index contributed by atoms with van der Waals surface area (Å²) >= 11 is 0. The van der Waals surface area contributed by atoms with E-state index in [1.807, 2.05) is 41.4 Å². The van der Waals surface area contributed by atoms with Crippen molar-refractivity contribution in [2.45, 2.75) is 19.3 Å². The van der Waals surface area contributed by atoms with E-state index in [0.29, 0.717) is 0 Å². The molecule has 2 saturated heterocycles. The number of nitrogens with zero attached hydrogens (tertiary/aromatic N) is 4. The van der Waals surface area contributed by atoms with Gasteiger partial charge >= 0.3 is 0 Å². The van der Waals surface area contributed by atoms with Crippen LogP contribution >= 0.6 is 0 Å². The molecule has 6 nitrogen and oxygen atoms in total. The van der Waals surface area contributed by atoms with Gasteiger partial charge in [-0.3, -0.25) is 4.79 Å². The topological polar surface area (TPSA) is 48.9 Å². The number of anilines is 2. The van der Waals surface area contributed by atoms with Gasteiger partial charge < -0.3 is 19.4 Å². The van der Waals surface area contributed by atoms with E-state index in [1.54, 1.807) is 7.11 Å². The second-order valence-corrected chi connectivity index (χ2v) is 8.60. The maximum absolute atomic E-state index is 13.1. The van der Waals surface area contributed by atoms with Gasteiger partial charge in [-0.2, -0.15) is 0 Å². The number of carbonyl (C=O) groups excluding carboxylic acids is 1. The molecule has 0 unspecified atom stereocenters. The van der Waals surface area contributed by atoms with Gasteiger partial charge in [-0.15, -0.1) is 0 Å². The highest BCUT2D eigenvalue weighted by Gasteiger charge is 2.22. The van der Waals surface area contributed by atoms with Gasteiger partial charge in [0.05, 0.1) is 7.11 Å². The van der Waals surface area contributed by atoms with Crippen LogP contribution in [0.5, 0.6) is 5.75 Å². The Morgan fingerprint density at radius 1 is 0.844 bits per heavy atom. The van der Waals surface area contributed by atoms with E-state index in [2.05, 4.69) is 28.0 Å². The van der Waals surface area contributed by atoms with Gasteiger partial charge in [-0.25, -0.2) is 4.98 Å². The lowest BCUT2D eigenvalue weighted by atomic mass is 10.0. The number of aromatic nitrogens is 1. The van der Waals surface area contributed by atoms with Gasteiger partial charge in [-0.05, 0) is 67.1 Å². The van der Waals surface area contributed by atoms with E-state index in [4.69, 9.17) is 9.72 Å². The van der Waals surface area contributed by atoms with Crippen LogP contribution in [-0.4, -0.2) is 62.2 Å². The first-order valence-electron chi connectivity index (χ1n) is 11.5. The Balaban J connectivity index is 1.35. The summed E-state index contributed by atoms with van der Waals surface area (Å²) in [6.45, 7) is 5.37. The first kappa shape index (κ1) is 20.6. The molecule has 166 valence electrons. The van der Waals surface area contributed by atoms with Crippen molar-refractivity contribution in [1.82, 2.24) is 9.88 Å². The molecule has 2 aromatic carbocycles. The van der Waals surface area contributed by atoms with Crippen molar-refractivity contribution in [3.63, 3.8) is 0 Å². The van der Waals surface area contributed by atoms with Crippen molar-refractivity contribution < 1.29 is 9.53 Å². The number of benzene rings is 2. The van der Waals surface area contributed by atoms with Crippen molar-refractivity contribution in [1.29, 1.82) is 0 Å². The lowest BCUT2D eigenvalue weighted by molar-refractivity contribution is 0.0724. The third kappa shape index (κ3) is 4.09. The summed E-state index contributed by atoms with van der Waals surface area (Å²) in [7, 11) is 1.69. The molecule has 5 rings (SSSR count). The van der Waals surface area contributed by atoms with Crippen LogP contribution in [0, 0.1) is 0 Å². The number of likely N-dealkylation sites (tertiary alicyclic amines) is 1. The summed E-state index contributed by atoms with van der Waals surface area (Å²) in [6, 6.07) is 16.3. The molecule has 2 fully saturated rings. The largest absolute Gasteiger partial charge is 0.497 e. The van der Waals surface area contributed by atoms with Crippen LogP contribution in [0.1, 0.15) is 29.6 Å². The third-order valence-corrected chi connectivity index (χ3v) is 6.65. The average Bonchev–Trinajstić information content (AvgIpc) is 2.88. The highest BCUT2D eigenvalue weighted by Crippen LogP contribution is 2.28. The van der Waals surface area contributed by atoms with Gasteiger partial charge in [0.2, 0.25) is 0 Å². The third-order valence-electron chi connectivity index (χ3n) is 6.65. The molecule has 0 atom stereocenters. The van der Waals surface area contributed by atoms with Crippen molar-refractivity contribution in [2.24, 2.45) is 0 Å². The normalized spacial score (nSPS) is 17.0. The van der Waals surface area contributed by atoms with E-state index in [0.717, 1.165) is 80.0 Å². The van der Waals surface area contributed by atoms with Crippen molar-refractivity contribution >= 4 is 28.2 Å². The first-order valence-corrected chi connectivity index (χ1v) is 11.5. The second-order valence-electron chi connectivity index (χ2n) is 8.60. The van der Waals surface area contributed by atoms with Gasteiger partial charge in [0.15, 0.2) is 0 Å². The molecule has 1 aromatic heterocycles. The van der Waals surface area contributed by atoms with Crippen molar-refractivity contribution in [3.05, 3.63) is 60.3 Å². The summed E-state index contributed by atoms with van der Waals surface area (Å²) in [5.74, 6) is 2.00. The molecule has 32 heavy (non-hydrogen) atoms. The SMILES string of the molecule is COc1ccc(N2CCN(c3nccc4ccc(C(=O)N5CCCCC5)cc34)CC2)cc1. The zero-order valence-electron chi connectivity index (χ0n) is 18.7. The summed E-state index contributed by atoms with van der Waals surface area (Å²) in [4.78, 5) is 24.5. The van der Waals surface area contributed by atoms with Crippen LogP contribution in [0.4, 0.5) is 11.5 Å². The molecule has 2 aliphatic heterocycles. The lowest BCUT2D eigenvalue weighted by Gasteiger charge is -2.37. The van der Waals surface area contributed by atoms with Gasteiger partial charge in [0, 0.05) is 62.1 Å². The van der Waals surface area contributed by atoms with Crippen LogP contribution in [0.25, 0.3) is 10.8 Å². The number of methoxy groups -OCH3 is 1. The number of ether oxygens (including phenoxy) is 1. The Morgan fingerprint density at radius 3 is 2.28 bits per heavy atom. The number of pyridine rings is 1. The van der Waals surface area contributed by atoms with Crippen LogP contribution in [-0.2, 0) is 0 Å². The smallest absolute Gasteiger partial charge is 0.253 e. The number of fused-ring (bicyclic) bond motifs is 1. The fraction of sp³-hybridized carbons (Fsp3) is 0.385. The van der Waals surface area contributed by atoms with Gasteiger partial charge in [0.25, 0.3) is 5.91 Å². The Labute approximate surface area is 189 Å². The summed E-state index contributed by atoms with van der Waals surface area (Å²) < 4.78 is 5.28. The Bertz CT molecular complexity index is 1080. The standard InChI is InChI=1S/C26H30N4O2/c1-32-23-9-7-22(8-10-23)28-15-17-29(18-16-28)25-24-19-21(6-5-20(24)11-12-27-25)26(31)30-13-3-2-4-14-30/h5-12,19H,2-4,13-18H2,1H3. The van der Waals surface area contributed by atoms with Crippen LogP contribution in [0.2, 0.25) is 0 Å². The molecule has 3 aromatic rings. The quantitative estimate of drug-likeness (QED) is 0.621. The van der Waals surface area contributed by atoms with E-state index in [-0.39, 0.29) is 5.91 Å². The minimum Gasteiger partial charge on any atom is -0.497 e. The van der Waals surface area contributed by atoms with E-state index >= 15 is 0 Å². The summed E-state index contributed by atoms with van der Waals surface area (Å²) in [5, 5.41) is 2.19. The number of piperidine rings is 1. The molecule has 0 aliphatic carbocycles. The summed E-state index contributed by atoms with van der Waals surface area (Å²) in [6.07, 6.45) is 5.30. The van der Waals surface area contributed by atoms with E-state index < -0.39 is 0 Å². The molecule has 0 spiro atoms. The van der Waals surface area contributed by atoms with Crippen LogP contribution in [0.3, 0.4) is 0 Å². The Kier molecular flexibility index (Phi) is 5.84. The molecular formula is C26H30N4O2. The number of piperazine rings is 1. The first-order chi connectivity index (χ1) is 15.7. The highest BCUT2D eigenvalue weighted by atomic mass is 16.5. The Morgan fingerprint density at radius 2 is 1.56 bits per heavy atom. The number of carbonyl (C=O) groups is 1. The molecule has 0 bridgehead atoms. The summed E-state index contributed by atoms with van der Waals surface area (Å²) in [5.41, 5.74) is 1.98. The predicted molar refractivity (Wildman–Crippen MR) is 129 cm³/mol. The molecule has 3 heterocycles. The molecule has 1 amide bonds. The molecule has 0 N–H and O–H groups in total.